The molecule has 0 bridgehead atoms. The zero-order valence-electron chi connectivity index (χ0n) is 65.7. The highest BCUT2D eigenvalue weighted by atomic mass is 35.5. The van der Waals surface area contributed by atoms with Crippen LogP contribution in [0, 0.1) is 27.7 Å². The van der Waals surface area contributed by atoms with E-state index in [0.717, 1.165) is 78.4 Å². The predicted octanol–water partition coefficient (Wildman–Crippen LogP) is 26.5. The molecule has 2 aliphatic carbocycles. The van der Waals surface area contributed by atoms with Crippen LogP contribution in [0.5, 0.6) is 0 Å². The lowest BCUT2D eigenvalue weighted by Crippen LogP contribution is -2.64. The molecule has 2 aromatic heterocycles. The van der Waals surface area contributed by atoms with Gasteiger partial charge < -0.3 is 28.4 Å². The number of benzene rings is 10. The number of anilines is 10. The molecule has 2 saturated carbocycles. The molecule has 536 valence electrons. The van der Waals surface area contributed by atoms with Crippen molar-refractivity contribution in [2.45, 2.75) is 233 Å². The Labute approximate surface area is 634 Å². The average molecular weight is 1430 g/mol. The number of halogens is 2. The third kappa shape index (κ3) is 10.3. The number of aryl methyl sites for hydroxylation is 4. The second kappa shape index (κ2) is 23.6. The fourth-order valence-corrected chi connectivity index (χ4v) is 20.9. The van der Waals surface area contributed by atoms with Crippen LogP contribution < -0.4 is 36.0 Å². The van der Waals surface area contributed by atoms with E-state index in [9.17, 15) is 0 Å². The first-order valence-electron chi connectivity index (χ1n) is 38.8. The highest BCUT2D eigenvalue weighted by molar-refractivity contribution is 7.00. The summed E-state index contributed by atoms with van der Waals surface area (Å²) in [5, 5.41) is 6.03. The summed E-state index contributed by atoms with van der Waals surface area (Å²) >= 11 is 14.7. The van der Waals surface area contributed by atoms with Gasteiger partial charge in [-0.25, -0.2) is 0 Å². The summed E-state index contributed by atoms with van der Waals surface area (Å²) in [6.45, 7) is 47.2. The van der Waals surface area contributed by atoms with E-state index >= 15 is 0 Å². The maximum Gasteiger partial charge on any atom is 0.252 e. The number of fused-ring (bicyclic) bond motifs is 17. The first kappa shape index (κ1) is 69.7. The smallest absolute Gasteiger partial charge is 0.252 e. The topological polar surface area (TPSA) is 39.2 Å². The molecule has 18 rings (SSSR count). The Hall–Kier alpha value is -8.36. The number of nitrogens with zero attached hydrogens (tertiary/aromatic N) is 4. The van der Waals surface area contributed by atoms with Crippen LogP contribution in [0.3, 0.4) is 0 Å². The van der Waals surface area contributed by atoms with Gasteiger partial charge in [-0.05, 0) is 228 Å². The van der Waals surface area contributed by atoms with E-state index in [0.29, 0.717) is 0 Å². The molecule has 10 aromatic carbocycles. The van der Waals surface area contributed by atoms with E-state index in [1.807, 2.05) is 6.07 Å². The van der Waals surface area contributed by atoms with Crippen molar-refractivity contribution in [3.05, 3.63) is 229 Å². The van der Waals surface area contributed by atoms with Crippen LogP contribution in [0.2, 0.25) is 10.0 Å². The summed E-state index contributed by atoms with van der Waals surface area (Å²) in [7, 11) is 0. The minimum absolute atomic E-state index is 0.000747. The van der Waals surface area contributed by atoms with E-state index < -0.39 is 0 Å². The lowest BCUT2D eigenvalue weighted by atomic mass is 9.33. The van der Waals surface area contributed by atoms with Gasteiger partial charge in [0, 0.05) is 65.8 Å². The molecule has 0 amide bonds. The minimum Gasteiger partial charge on any atom is -0.456 e. The van der Waals surface area contributed by atoms with Crippen LogP contribution >= 0.6 is 23.2 Å². The van der Waals surface area contributed by atoms with Gasteiger partial charge in [0.25, 0.3) is 6.71 Å². The number of hydrogen-bond acceptors (Lipinski definition) is 6. The van der Waals surface area contributed by atoms with Gasteiger partial charge in [0.2, 0.25) is 0 Å². The van der Waals surface area contributed by atoms with E-state index in [2.05, 4.69) is 316 Å². The van der Waals surface area contributed by atoms with Crippen molar-refractivity contribution in [2.75, 3.05) is 19.6 Å². The van der Waals surface area contributed by atoms with Gasteiger partial charge in [-0.15, -0.1) is 0 Å². The molecule has 2 fully saturated rings. The largest absolute Gasteiger partial charge is 0.456 e. The van der Waals surface area contributed by atoms with Crippen LogP contribution in [0.25, 0.3) is 43.9 Å². The number of hydrogen-bond donors (Lipinski definition) is 0. The molecular weight excluding hydrogens is 1320 g/mol. The molecule has 4 aliphatic heterocycles. The average Bonchev–Trinajstić information content (AvgIpc) is 1.57. The van der Waals surface area contributed by atoms with Crippen molar-refractivity contribution < 1.29 is 8.83 Å². The molecule has 0 spiro atoms. The molecule has 6 heterocycles. The Morgan fingerprint density at radius 1 is 0.410 bits per heavy atom. The summed E-state index contributed by atoms with van der Waals surface area (Å²) in [5.41, 5.74) is 33.3. The molecule has 12 aromatic rings. The fraction of sp³-hybridized carbons (Fsp3) is 0.375. The van der Waals surface area contributed by atoms with E-state index in [1.54, 1.807) is 0 Å². The van der Waals surface area contributed by atoms with E-state index in [-0.39, 0.29) is 50.3 Å². The van der Waals surface area contributed by atoms with Crippen molar-refractivity contribution in [2.24, 2.45) is 0 Å². The van der Waals surface area contributed by atoms with Crippen molar-refractivity contribution in [1.29, 1.82) is 0 Å². The lowest BCUT2D eigenvalue weighted by molar-refractivity contribution is 0.195. The Kier molecular flexibility index (Phi) is 15.6. The van der Waals surface area contributed by atoms with Crippen LogP contribution in [0.15, 0.2) is 173 Å². The number of rotatable bonds is 5. The molecule has 6 aliphatic rings. The van der Waals surface area contributed by atoms with Crippen LogP contribution in [-0.2, 0) is 32.5 Å². The highest BCUT2D eigenvalue weighted by Crippen LogP contribution is 2.65. The van der Waals surface area contributed by atoms with Crippen LogP contribution in [0.4, 0.5) is 56.9 Å². The molecule has 0 radical (unpaired) electrons. The second-order valence-corrected chi connectivity index (χ2v) is 38.1. The standard InChI is InChI=1S/C48H50BClN2O.C48H53ClN2O/c1-27-21-29(45(3,4)5)22-28(2)42(27)51-36-25-31(50)26-37-41(36)49(34-17-18-39-40(44(34)51)32-15-11-12-16-38(32)53-39)35-24-30(46(6,7)8)23-33-43(35)52(37)48(10)20-14-13-19-47(33,48)9;1-30-24-33(46(6,7)8)25-31(2)44(30)50(40-17-15-19-42-43(40)37-16-11-12-18-41(37)52-42)35-27-34(49)28-36(29-35)51-39-21-20-32(45(3,4)5)26-38(39)47(9)22-13-14-23-48(47,51)10/h11-12,15-18,21-26H,13-14,19-20H2,1-10H3;11-12,15-21,24-29H,13-14,22-23H2,1-10H3. The summed E-state index contributed by atoms with van der Waals surface area (Å²) in [4.78, 5) is 10.5. The van der Waals surface area contributed by atoms with Gasteiger partial charge in [-0.3, -0.25) is 0 Å². The third-order valence-corrected chi connectivity index (χ3v) is 26.9. The maximum atomic E-state index is 7.40. The van der Waals surface area contributed by atoms with Crippen molar-refractivity contribution in [3.8, 4) is 0 Å². The number of para-hydroxylation sites is 2. The Morgan fingerprint density at radius 3 is 1.52 bits per heavy atom. The van der Waals surface area contributed by atoms with E-state index in [4.69, 9.17) is 32.0 Å². The minimum atomic E-state index is -0.0994. The first-order chi connectivity index (χ1) is 49.5. The zero-order valence-corrected chi connectivity index (χ0v) is 67.2. The summed E-state index contributed by atoms with van der Waals surface area (Å²) in [6.07, 6.45) is 9.62. The van der Waals surface area contributed by atoms with Gasteiger partial charge in [0.15, 0.2) is 0 Å². The Morgan fingerprint density at radius 2 is 0.914 bits per heavy atom. The van der Waals surface area contributed by atoms with Crippen LogP contribution in [-0.4, -0.2) is 17.8 Å². The quantitative estimate of drug-likeness (QED) is 0.160. The summed E-state index contributed by atoms with van der Waals surface area (Å²) < 4.78 is 13.1. The van der Waals surface area contributed by atoms with Crippen molar-refractivity contribution in [1.82, 2.24) is 0 Å². The number of furan rings is 2. The SMILES string of the molecule is Cc1cc(C(C)(C)C)cc(C)c1N(c1cc(Cl)cc(N2c3ccc(C(C)(C)C)cc3C3(C)CCCCC23C)c1)c1cccc2oc3ccccc3c12.Cc1cc(C(C)(C)C)cc(C)c1N1c2cc(Cl)cc3c2B(c2cc(C(C)(C)C)cc4c2N3C2(C)CCCCC42C)c2ccc3oc4ccccc4c3c21. The zero-order chi connectivity index (χ0) is 74.1. The molecule has 6 nitrogen and oxygen atoms in total. The van der Waals surface area contributed by atoms with Crippen molar-refractivity contribution >= 4 is 147 Å². The monoisotopic (exact) mass is 1420 g/mol. The van der Waals surface area contributed by atoms with E-state index in [1.165, 1.54) is 156 Å². The normalized spacial score (nSPS) is 21.0. The third-order valence-electron chi connectivity index (χ3n) is 26.5. The second-order valence-electron chi connectivity index (χ2n) is 37.3. The summed E-state index contributed by atoms with van der Waals surface area (Å²) in [6, 6.07) is 61.2. The molecule has 105 heavy (non-hydrogen) atoms. The molecule has 4 atom stereocenters. The lowest BCUT2D eigenvalue weighted by Gasteiger charge is -2.53. The molecule has 0 saturated heterocycles. The molecule has 9 heteroatoms. The first-order valence-corrected chi connectivity index (χ1v) is 39.6. The molecular formula is C96H103BCl2N4O2. The maximum absolute atomic E-state index is 7.40. The Bertz CT molecular complexity index is 5600. The van der Waals surface area contributed by atoms with Crippen LogP contribution in [0.1, 0.15) is 218 Å². The van der Waals surface area contributed by atoms with Crippen molar-refractivity contribution in [3.63, 3.8) is 0 Å². The Balaban J connectivity index is 0.000000155. The summed E-state index contributed by atoms with van der Waals surface area (Å²) in [5.74, 6) is 0. The van der Waals surface area contributed by atoms with Gasteiger partial charge in [-0.1, -0.05) is 243 Å². The molecule has 4 unspecified atom stereocenters. The van der Waals surface area contributed by atoms with Gasteiger partial charge in [0.1, 0.15) is 22.3 Å². The predicted molar refractivity (Wildman–Crippen MR) is 451 cm³/mol. The molecule has 0 N–H and O–H groups in total. The van der Waals surface area contributed by atoms with Gasteiger partial charge in [0.05, 0.1) is 44.6 Å². The van der Waals surface area contributed by atoms with Gasteiger partial charge >= 0.3 is 0 Å². The fourth-order valence-electron chi connectivity index (χ4n) is 20.5. The van der Waals surface area contributed by atoms with Gasteiger partial charge in [-0.2, -0.15) is 0 Å². The highest BCUT2D eigenvalue weighted by Gasteiger charge is 2.62.